The Morgan fingerprint density at radius 2 is 1.79 bits per heavy atom. The Morgan fingerprint density at radius 1 is 1.26 bits per heavy atom. The van der Waals surface area contributed by atoms with Crippen molar-refractivity contribution in [2.45, 2.75) is 32.4 Å². The zero-order valence-corrected chi connectivity index (χ0v) is 12.7. The van der Waals surface area contributed by atoms with Crippen LogP contribution in [0.15, 0.2) is 24.3 Å². The zero-order valence-electron chi connectivity index (χ0n) is 12.7. The topological polar surface area (TPSA) is 41.6 Å². The smallest absolute Gasteiger partial charge is 0.325 e. The lowest BCUT2D eigenvalue weighted by molar-refractivity contribution is -0.147. The third-order valence-electron chi connectivity index (χ3n) is 3.18. The number of nitrogens with one attached hydrogen (secondary N) is 1. The van der Waals surface area contributed by atoms with E-state index in [9.17, 15) is 4.79 Å². The molecule has 19 heavy (non-hydrogen) atoms. The van der Waals surface area contributed by atoms with E-state index in [-0.39, 0.29) is 12.0 Å². The standard InChI is InChI=1S/C15H24N2O2/c1-11(16-15(2,3)14(18)19-6)12-7-9-13(10-8-12)17(4)5/h7-11,16H,1-6H3. The Kier molecular flexibility index (Phi) is 4.95. The van der Waals surface area contributed by atoms with Crippen LogP contribution >= 0.6 is 0 Å². The number of ether oxygens (including phenoxy) is 1. The maximum absolute atomic E-state index is 11.7. The molecule has 0 aliphatic heterocycles. The maximum atomic E-state index is 11.7. The number of anilines is 1. The average molecular weight is 264 g/mol. The summed E-state index contributed by atoms with van der Waals surface area (Å²) in [5, 5.41) is 3.28. The van der Waals surface area contributed by atoms with E-state index in [1.165, 1.54) is 7.11 Å². The molecule has 106 valence electrons. The van der Waals surface area contributed by atoms with E-state index in [0.29, 0.717) is 0 Å². The van der Waals surface area contributed by atoms with E-state index in [1.54, 1.807) is 0 Å². The van der Waals surface area contributed by atoms with Crippen molar-refractivity contribution in [2.75, 3.05) is 26.1 Å². The highest BCUT2D eigenvalue weighted by molar-refractivity contribution is 5.79. The van der Waals surface area contributed by atoms with Crippen LogP contribution in [-0.4, -0.2) is 32.7 Å². The number of hydrogen-bond donors (Lipinski definition) is 1. The Hall–Kier alpha value is -1.55. The van der Waals surface area contributed by atoms with Crippen LogP contribution in [0.3, 0.4) is 0 Å². The van der Waals surface area contributed by atoms with Gasteiger partial charge in [-0.25, -0.2) is 0 Å². The van der Waals surface area contributed by atoms with Gasteiger partial charge in [0.05, 0.1) is 7.11 Å². The molecule has 0 fully saturated rings. The number of nitrogens with zero attached hydrogens (tertiary/aromatic N) is 1. The Balaban J connectivity index is 2.78. The summed E-state index contributed by atoms with van der Waals surface area (Å²) in [4.78, 5) is 13.7. The lowest BCUT2D eigenvalue weighted by atomic mass is 10.0. The van der Waals surface area contributed by atoms with Crippen molar-refractivity contribution in [3.05, 3.63) is 29.8 Å². The molecule has 0 saturated heterocycles. The van der Waals surface area contributed by atoms with Gasteiger partial charge in [0.2, 0.25) is 0 Å². The molecule has 0 radical (unpaired) electrons. The van der Waals surface area contributed by atoms with Gasteiger partial charge in [0.1, 0.15) is 5.54 Å². The fourth-order valence-electron chi connectivity index (χ4n) is 2.00. The molecule has 1 aromatic rings. The third-order valence-corrected chi connectivity index (χ3v) is 3.18. The summed E-state index contributed by atoms with van der Waals surface area (Å²) < 4.78 is 4.79. The summed E-state index contributed by atoms with van der Waals surface area (Å²) in [5.74, 6) is -0.260. The van der Waals surface area contributed by atoms with Gasteiger partial charge in [-0.2, -0.15) is 0 Å². The molecule has 0 aliphatic carbocycles. The van der Waals surface area contributed by atoms with Crippen LogP contribution in [0.5, 0.6) is 0 Å². The number of hydrogen-bond acceptors (Lipinski definition) is 4. The minimum absolute atomic E-state index is 0.0744. The highest BCUT2D eigenvalue weighted by Crippen LogP contribution is 2.20. The number of rotatable bonds is 5. The number of carbonyl (C=O) groups is 1. The third kappa shape index (κ3) is 3.96. The quantitative estimate of drug-likeness (QED) is 0.829. The average Bonchev–Trinajstić information content (AvgIpc) is 2.37. The summed E-state index contributed by atoms with van der Waals surface area (Å²) in [7, 11) is 5.43. The second kappa shape index (κ2) is 6.06. The molecule has 1 rings (SSSR count). The number of carbonyl (C=O) groups excluding carboxylic acids is 1. The number of methoxy groups -OCH3 is 1. The molecule has 0 bridgehead atoms. The van der Waals surface area contributed by atoms with Crippen molar-refractivity contribution in [3.8, 4) is 0 Å². The molecule has 0 saturated carbocycles. The predicted octanol–water partition coefficient (Wildman–Crippen LogP) is 2.35. The monoisotopic (exact) mass is 264 g/mol. The Morgan fingerprint density at radius 3 is 2.21 bits per heavy atom. The van der Waals surface area contributed by atoms with Crippen molar-refractivity contribution < 1.29 is 9.53 Å². The van der Waals surface area contributed by atoms with Crippen LogP contribution in [0, 0.1) is 0 Å². The van der Waals surface area contributed by atoms with E-state index in [4.69, 9.17) is 4.74 Å². The van der Waals surface area contributed by atoms with Gasteiger partial charge in [-0.1, -0.05) is 12.1 Å². The molecule has 4 nitrogen and oxygen atoms in total. The van der Waals surface area contributed by atoms with Crippen LogP contribution in [0.25, 0.3) is 0 Å². The molecule has 0 spiro atoms. The van der Waals surface area contributed by atoms with E-state index < -0.39 is 5.54 Å². The fraction of sp³-hybridized carbons (Fsp3) is 0.533. The summed E-state index contributed by atoms with van der Waals surface area (Å²) >= 11 is 0. The normalized spacial score (nSPS) is 12.9. The zero-order chi connectivity index (χ0) is 14.6. The Labute approximate surface area is 115 Å². The first-order valence-electron chi connectivity index (χ1n) is 6.41. The summed E-state index contributed by atoms with van der Waals surface area (Å²) in [6.07, 6.45) is 0. The van der Waals surface area contributed by atoms with Gasteiger partial charge in [-0.3, -0.25) is 10.1 Å². The lowest BCUT2D eigenvalue weighted by Gasteiger charge is -2.28. The minimum atomic E-state index is -0.700. The second-order valence-corrected chi connectivity index (χ2v) is 5.47. The van der Waals surface area contributed by atoms with Gasteiger partial charge < -0.3 is 9.64 Å². The molecule has 0 aromatic heterocycles. The maximum Gasteiger partial charge on any atom is 0.325 e. The van der Waals surface area contributed by atoms with E-state index >= 15 is 0 Å². The van der Waals surface area contributed by atoms with Gasteiger partial charge in [0.15, 0.2) is 0 Å². The van der Waals surface area contributed by atoms with Crippen LogP contribution in [0.1, 0.15) is 32.4 Å². The fourth-order valence-corrected chi connectivity index (χ4v) is 2.00. The molecule has 0 aliphatic rings. The van der Waals surface area contributed by atoms with Crippen LogP contribution in [0.2, 0.25) is 0 Å². The predicted molar refractivity (Wildman–Crippen MR) is 78.4 cm³/mol. The molecule has 1 aromatic carbocycles. The van der Waals surface area contributed by atoms with Gasteiger partial charge in [-0.05, 0) is 38.5 Å². The van der Waals surface area contributed by atoms with E-state index in [1.807, 2.05) is 34.9 Å². The number of esters is 1. The Bertz CT molecular complexity index is 424. The highest BCUT2D eigenvalue weighted by atomic mass is 16.5. The summed E-state index contributed by atoms with van der Waals surface area (Å²) in [6, 6.07) is 8.35. The van der Waals surface area contributed by atoms with Gasteiger partial charge in [-0.15, -0.1) is 0 Å². The SMILES string of the molecule is COC(=O)C(C)(C)NC(C)c1ccc(N(C)C)cc1. The molecular weight excluding hydrogens is 240 g/mol. The van der Waals surface area contributed by atoms with Crippen molar-refractivity contribution in [3.63, 3.8) is 0 Å². The molecule has 0 amide bonds. The van der Waals surface area contributed by atoms with Crippen LogP contribution < -0.4 is 10.2 Å². The first kappa shape index (κ1) is 15.5. The van der Waals surface area contributed by atoms with E-state index in [2.05, 4.69) is 34.5 Å². The highest BCUT2D eigenvalue weighted by Gasteiger charge is 2.30. The first-order valence-corrected chi connectivity index (χ1v) is 6.41. The molecule has 0 heterocycles. The molecule has 1 atom stereocenters. The minimum Gasteiger partial charge on any atom is -0.468 e. The summed E-state index contributed by atoms with van der Waals surface area (Å²) in [6.45, 7) is 5.68. The molecule has 4 heteroatoms. The van der Waals surface area contributed by atoms with Crippen molar-refractivity contribution in [1.29, 1.82) is 0 Å². The molecule has 1 N–H and O–H groups in total. The van der Waals surface area contributed by atoms with Gasteiger partial charge in [0.25, 0.3) is 0 Å². The van der Waals surface area contributed by atoms with Crippen molar-refractivity contribution >= 4 is 11.7 Å². The molecule has 1 unspecified atom stereocenters. The van der Waals surface area contributed by atoms with Crippen LogP contribution in [0.4, 0.5) is 5.69 Å². The van der Waals surface area contributed by atoms with Crippen molar-refractivity contribution in [1.82, 2.24) is 5.32 Å². The number of benzene rings is 1. The van der Waals surface area contributed by atoms with Crippen LogP contribution in [-0.2, 0) is 9.53 Å². The first-order chi connectivity index (χ1) is 8.77. The van der Waals surface area contributed by atoms with Gasteiger partial charge in [0, 0.05) is 25.8 Å². The van der Waals surface area contributed by atoms with Crippen molar-refractivity contribution in [2.24, 2.45) is 0 Å². The lowest BCUT2D eigenvalue weighted by Crippen LogP contribution is -2.48. The molecular formula is C15H24N2O2. The van der Waals surface area contributed by atoms with E-state index in [0.717, 1.165) is 11.3 Å². The van der Waals surface area contributed by atoms with Gasteiger partial charge >= 0.3 is 5.97 Å². The largest absolute Gasteiger partial charge is 0.468 e. The summed E-state index contributed by atoms with van der Waals surface area (Å²) in [5.41, 5.74) is 1.60. The second-order valence-electron chi connectivity index (χ2n) is 5.47.